The van der Waals surface area contributed by atoms with Gasteiger partial charge in [-0.15, -0.1) is 0 Å². The Bertz CT molecular complexity index is 1570. The minimum absolute atomic E-state index is 0.201. The Morgan fingerprint density at radius 3 is 2.06 bits per heavy atom. The van der Waals surface area contributed by atoms with E-state index in [1.807, 2.05) is 78.9 Å². The topological polar surface area (TPSA) is 64.2 Å². The van der Waals surface area contributed by atoms with Gasteiger partial charge < -0.3 is 5.11 Å². The van der Waals surface area contributed by atoms with Gasteiger partial charge in [-0.2, -0.15) is 0 Å². The van der Waals surface area contributed by atoms with E-state index in [4.69, 9.17) is 0 Å². The lowest BCUT2D eigenvalue weighted by Gasteiger charge is -2.16. The highest BCUT2D eigenvalue weighted by atomic mass is 16.3. The molecule has 1 heterocycles. The molecule has 0 saturated carbocycles. The van der Waals surface area contributed by atoms with E-state index < -0.39 is 11.2 Å². The van der Waals surface area contributed by atoms with Crippen molar-refractivity contribution < 1.29 is 5.11 Å². The first-order valence-corrected chi connectivity index (χ1v) is 11.3. The summed E-state index contributed by atoms with van der Waals surface area (Å²) >= 11 is 0. The number of hydrogen-bond donors (Lipinski definition) is 1. The van der Waals surface area contributed by atoms with Crippen LogP contribution in [0.25, 0.3) is 16.5 Å². The zero-order valence-corrected chi connectivity index (χ0v) is 18.6. The zero-order chi connectivity index (χ0) is 23.5. The lowest BCUT2D eigenvalue weighted by atomic mass is 10.0. The fraction of sp³-hybridized carbons (Fsp3) is 0.103. The second kappa shape index (κ2) is 9.24. The van der Waals surface area contributed by atoms with E-state index in [0.717, 1.165) is 26.5 Å². The number of rotatable bonds is 6. The number of benzene rings is 4. The van der Waals surface area contributed by atoms with Crippen LogP contribution >= 0.6 is 0 Å². The van der Waals surface area contributed by atoms with E-state index in [0.29, 0.717) is 12.1 Å². The van der Waals surface area contributed by atoms with Crippen LogP contribution in [0.5, 0.6) is 5.88 Å². The highest BCUT2D eigenvalue weighted by Gasteiger charge is 2.20. The Balaban J connectivity index is 1.63. The summed E-state index contributed by atoms with van der Waals surface area (Å²) in [6, 6.07) is 32.6. The van der Waals surface area contributed by atoms with E-state index in [9.17, 15) is 14.7 Å². The van der Waals surface area contributed by atoms with E-state index in [2.05, 4.69) is 0 Å². The van der Waals surface area contributed by atoms with Crippen LogP contribution in [-0.4, -0.2) is 14.2 Å². The predicted molar refractivity (Wildman–Crippen MR) is 135 cm³/mol. The number of aromatic nitrogens is 2. The summed E-state index contributed by atoms with van der Waals surface area (Å²) in [6.45, 7) is 0.256. The molecule has 34 heavy (non-hydrogen) atoms. The second-order valence-corrected chi connectivity index (χ2v) is 8.31. The molecule has 168 valence electrons. The van der Waals surface area contributed by atoms with E-state index in [1.165, 1.54) is 4.57 Å². The standard InChI is InChI=1S/C29H24N2O3/c32-27-26(20-22-15-16-23-11-7-8-12-24(23)19-22)28(33)31(25-13-5-2-6-14-25)29(34)30(27)18-17-21-9-3-1-4-10-21/h1-16,19,32H,17-18,20H2. The van der Waals surface area contributed by atoms with Crippen molar-refractivity contribution in [2.75, 3.05) is 0 Å². The maximum atomic E-state index is 13.5. The highest BCUT2D eigenvalue weighted by molar-refractivity contribution is 5.83. The van der Waals surface area contributed by atoms with Gasteiger partial charge in [-0.25, -0.2) is 9.36 Å². The minimum atomic E-state index is -0.549. The molecule has 1 N–H and O–H groups in total. The molecule has 0 atom stereocenters. The fourth-order valence-corrected chi connectivity index (χ4v) is 4.29. The molecular weight excluding hydrogens is 424 g/mol. The molecule has 4 aromatic carbocycles. The fourth-order valence-electron chi connectivity index (χ4n) is 4.29. The van der Waals surface area contributed by atoms with Gasteiger partial charge >= 0.3 is 5.69 Å². The summed E-state index contributed by atoms with van der Waals surface area (Å²) in [6.07, 6.45) is 0.769. The van der Waals surface area contributed by atoms with Crippen LogP contribution in [0.3, 0.4) is 0 Å². The number of aromatic hydroxyl groups is 1. The van der Waals surface area contributed by atoms with Gasteiger partial charge in [0.05, 0.1) is 11.3 Å². The number of hydrogen-bond acceptors (Lipinski definition) is 3. The maximum absolute atomic E-state index is 13.5. The summed E-state index contributed by atoms with van der Waals surface area (Å²) in [5.41, 5.74) is 1.56. The summed E-state index contributed by atoms with van der Waals surface area (Å²) in [5.74, 6) is -0.272. The van der Waals surface area contributed by atoms with Gasteiger partial charge in [-0.1, -0.05) is 91.0 Å². The van der Waals surface area contributed by atoms with Gasteiger partial charge in [0.2, 0.25) is 5.88 Å². The van der Waals surface area contributed by atoms with Crippen molar-refractivity contribution in [3.8, 4) is 11.6 Å². The van der Waals surface area contributed by atoms with Gasteiger partial charge in [0.25, 0.3) is 5.56 Å². The Morgan fingerprint density at radius 2 is 1.32 bits per heavy atom. The highest BCUT2D eigenvalue weighted by Crippen LogP contribution is 2.21. The second-order valence-electron chi connectivity index (χ2n) is 8.31. The number of nitrogens with zero attached hydrogens (tertiary/aromatic N) is 2. The molecule has 5 aromatic rings. The summed E-state index contributed by atoms with van der Waals surface area (Å²) in [5, 5.41) is 13.3. The van der Waals surface area contributed by atoms with Gasteiger partial charge in [0, 0.05) is 13.0 Å². The van der Waals surface area contributed by atoms with E-state index >= 15 is 0 Å². The van der Waals surface area contributed by atoms with Crippen molar-refractivity contribution in [1.82, 2.24) is 9.13 Å². The molecule has 0 fully saturated rings. The van der Waals surface area contributed by atoms with Crippen molar-refractivity contribution >= 4 is 10.8 Å². The molecule has 0 amide bonds. The molecule has 0 spiro atoms. The van der Waals surface area contributed by atoms with Crippen LogP contribution in [-0.2, 0) is 19.4 Å². The van der Waals surface area contributed by atoms with Crippen LogP contribution < -0.4 is 11.2 Å². The van der Waals surface area contributed by atoms with Gasteiger partial charge in [-0.05, 0) is 40.5 Å². The molecule has 0 unspecified atom stereocenters. The third kappa shape index (κ3) is 4.16. The summed E-state index contributed by atoms with van der Waals surface area (Å²) in [7, 11) is 0. The predicted octanol–water partition coefficient (Wildman–Crippen LogP) is 4.69. The molecule has 0 radical (unpaired) electrons. The number of para-hydroxylation sites is 1. The van der Waals surface area contributed by atoms with Gasteiger partial charge in [0.1, 0.15) is 0 Å². The van der Waals surface area contributed by atoms with Crippen molar-refractivity contribution in [3.05, 3.63) is 141 Å². The minimum Gasteiger partial charge on any atom is -0.494 e. The molecule has 0 aliphatic heterocycles. The lowest BCUT2D eigenvalue weighted by molar-refractivity contribution is 0.390. The van der Waals surface area contributed by atoms with E-state index in [1.54, 1.807) is 24.3 Å². The average Bonchev–Trinajstić information content (AvgIpc) is 2.88. The van der Waals surface area contributed by atoms with Crippen LogP contribution in [0.15, 0.2) is 113 Å². The van der Waals surface area contributed by atoms with Crippen molar-refractivity contribution in [1.29, 1.82) is 0 Å². The summed E-state index contributed by atoms with van der Waals surface area (Å²) in [4.78, 5) is 26.9. The zero-order valence-electron chi connectivity index (χ0n) is 18.6. The SMILES string of the molecule is O=c1c(Cc2ccc3ccccc3c2)c(O)n(CCc2ccccc2)c(=O)n1-c1ccccc1. The quantitative estimate of drug-likeness (QED) is 0.410. The van der Waals surface area contributed by atoms with Crippen molar-refractivity contribution in [3.63, 3.8) is 0 Å². The Labute approximate surface area is 196 Å². The molecule has 5 nitrogen and oxygen atoms in total. The number of fused-ring (bicyclic) bond motifs is 1. The first-order valence-electron chi connectivity index (χ1n) is 11.3. The smallest absolute Gasteiger partial charge is 0.338 e. The lowest BCUT2D eigenvalue weighted by Crippen LogP contribution is -2.41. The third-order valence-corrected chi connectivity index (χ3v) is 6.09. The van der Waals surface area contributed by atoms with Crippen molar-refractivity contribution in [2.24, 2.45) is 0 Å². The van der Waals surface area contributed by atoms with Crippen LogP contribution in [0.2, 0.25) is 0 Å². The molecule has 0 aliphatic carbocycles. The van der Waals surface area contributed by atoms with Gasteiger partial charge in [0.15, 0.2) is 0 Å². The normalized spacial score (nSPS) is 11.1. The molecule has 0 aliphatic rings. The molecule has 0 bridgehead atoms. The monoisotopic (exact) mass is 448 g/mol. The Hall–Kier alpha value is -4.38. The first kappa shape index (κ1) is 21.5. The Kier molecular flexibility index (Phi) is 5.83. The average molecular weight is 449 g/mol. The molecule has 1 aromatic heterocycles. The molecule has 0 saturated heterocycles. The van der Waals surface area contributed by atoms with Crippen LogP contribution in [0.4, 0.5) is 0 Å². The van der Waals surface area contributed by atoms with E-state index in [-0.39, 0.29) is 24.4 Å². The Morgan fingerprint density at radius 1 is 0.676 bits per heavy atom. The molecular formula is C29H24N2O3. The van der Waals surface area contributed by atoms with Crippen LogP contribution in [0, 0.1) is 0 Å². The molecule has 5 rings (SSSR count). The molecule has 5 heteroatoms. The first-order chi connectivity index (χ1) is 16.6. The third-order valence-electron chi connectivity index (χ3n) is 6.09. The van der Waals surface area contributed by atoms with Gasteiger partial charge in [-0.3, -0.25) is 9.36 Å². The van der Waals surface area contributed by atoms with Crippen LogP contribution in [0.1, 0.15) is 16.7 Å². The summed E-state index contributed by atoms with van der Waals surface area (Å²) < 4.78 is 2.46. The number of aryl methyl sites for hydroxylation is 1. The maximum Gasteiger partial charge on any atom is 0.338 e. The van der Waals surface area contributed by atoms with Crippen molar-refractivity contribution in [2.45, 2.75) is 19.4 Å². The largest absolute Gasteiger partial charge is 0.494 e.